The fraction of sp³-hybridized carbons (Fsp3) is 0.677. The summed E-state index contributed by atoms with van der Waals surface area (Å²) < 4.78 is 33.1. The molecular formula is C31H42BFO7. The lowest BCUT2D eigenvalue weighted by atomic mass is 9.41. The van der Waals surface area contributed by atoms with Gasteiger partial charge in [-0.2, -0.15) is 0 Å². The number of carbonyl (C=O) groups excluding carboxylic acids is 1. The molecule has 5 rings (SSSR count). The number of methoxy groups -OCH3 is 1. The molecule has 7 nitrogen and oxygen atoms in total. The molecule has 3 fully saturated rings. The van der Waals surface area contributed by atoms with Gasteiger partial charge in [0.2, 0.25) is 0 Å². The summed E-state index contributed by atoms with van der Waals surface area (Å²) in [7, 11) is 0.268. The zero-order valence-electron chi connectivity index (χ0n) is 24.2. The van der Waals surface area contributed by atoms with E-state index in [-0.39, 0.29) is 59.3 Å². The maximum Gasteiger partial charge on any atom is 0.494 e. The van der Waals surface area contributed by atoms with Crippen molar-refractivity contribution in [1.82, 2.24) is 0 Å². The molecule has 1 aromatic carbocycles. The Kier molecular flexibility index (Phi) is 7.50. The minimum absolute atomic E-state index is 0.0219. The highest BCUT2D eigenvalue weighted by molar-refractivity contribution is 6.61. The van der Waals surface area contributed by atoms with Crippen molar-refractivity contribution < 1.29 is 38.2 Å². The molecule has 2 bridgehead atoms. The Bertz CT molecular complexity index is 1210. The minimum atomic E-state index is -1.43. The summed E-state index contributed by atoms with van der Waals surface area (Å²) in [4.78, 5) is 27.5. The average molecular weight is 556 g/mol. The van der Waals surface area contributed by atoms with Gasteiger partial charge in [0.15, 0.2) is 17.7 Å². The molecule has 3 aliphatic carbocycles. The second-order valence-corrected chi connectivity index (χ2v) is 13.3. The van der Waals surface area contributed by atoms with Gasteiger partial charge in [-0.05, 0) is 72.8 Å². The van der Waals surface area contributed by atoms with Crippen LogP contribution in [0, 0.1) is 45.7 Å². The standard InChI is InChI=1S/C31H42BFO7/c1-7-12-29(4)15-20(25(28(35)36)40-21-9-8-19-16-39-32(37)23(19)24(21)33)30(5)17(2)10-13-31(18(3)27(29)34)14-11-22(38-6)26(30)31/h7-9,17-18,20,22,25-26,37H,1,10-16H2,2-6H3,(H,35,36)/t17-,18+,20+,22-,25?,26-,29-,30-,31+/m1/s1. The van der Waals surface area contributed by atoms with E-state index in [1.54, 1.807) is 19.3 Å². The molecule has 40 heavy (non-hydrogen) atoms. The Balaban J connectivity index is 1.69. The lowest BCUT2D eigenvalue weighted by Crippen LogP contribution is -2.63. The zero-order chi connectivity index (χ0) is 29.2. The molecule has 4 aliphatic rings. The van der Waals surface area contributed by atoms with Crippen molar-refractivity contribution in [3.63, 3.8) is 0 Å². The Hall–Kier alpha value is -2.23. The highest BCUT2D eigenvalue weighted by Crippen LogP contribution is 2.70. The number of aliphatic carboxylic acids is 1. The molecule has 0 spiro atoms. The molecule has 2 N–H and O–H groups in total. The summed E-state index contributed by atoms with van der Waals surface area (Å²) in [5, 5.41) is 20.9. The molecule has 1 unspecified atom stereocenters. The van der Waals surface area contributed by atoms with Gasteiger partial charge in [0.05, 0.1) is 12.7 Å². The number of Topliss-reactive ketones (excluding diaryl/α,β-unsaturated/α-hetero) is 1. The summed E-state index contributed by atoms with van der Waals surface area (Å²) in [6.45, 7) is 12.3. The van der Waals surface area contributed by atoms with E-state index in [0.717, 1.165) is 25.7 Å². The van der Waals surface area contributed by atoms with Gasteiger partial charge in [-0.1, -0.05) is 39.8 Å². The summed E-state index contributed by atoms with van der Waals surface area (Å²) in [6, 6.07) is 3.01. The smallest absolute Gasteiger partial charge is 0.478 e. The van der Waals surface area contributed by atoms with E-state index in [1.165, 1.54) is 6.07 Å². The first kappa shape index (κ1) is 29.3. The van der Waals surface area contributed by atoms with Crippen LogP contribution in [0.4, 0.5) is 4.39 Å². The van der Waals surface area contributed by atoms with Crippen LogP contribution in [0.3, 0.4) is 0 Å². The third-order valence-corrected chi connectivity index (χ3v) is 11.6. The van der Waals surface area contributed by atoms with Crippen LogP contribution in [-0.2, 0) is 25.6 Å². The van der Waals surface area contributed by atoms with E-state index in [4.69, 9.17) is 14.1 Å². The molecule has 1 aromatic rings. The zero-order valence-corrected chi connectivity index (χ0v) is 24.2. The second-order valence-electron chi connectivity index (χ2n) is 13.3. The van der Waals surface area contributed by atoms with Crippen LogP contribution < -0.4 is 10.2 Å². The molecule has 3 saturated carbocycles. The van der Waals surface area contributed by atoms with Crippen LogP contribution in [0.15, 0.2) is 24.8 Å². The lowest BCUT2D eigenvalue weighted by Gasteiger charge is -2.63. The van der Waals surface area contributed by atoms with Crippen LogP contribution in [-0.4, -0.2) is 48.3 Å². The van der Waals surface area contributed by atoms with Gasteiger partial charge in [0, 0.05) is 29.8 Å². The number of allylic oxidation sites excluding steroid dienone is 1. The molecule has 0 aromatic heterocycles. The molecule has 218 valence electrons. The number of fused-ring (bicyclic) bond motifs is 1. The number of carbonyl (C=O) groups is 2. The number of hydrogen-bond donors (Lipinski definition) is 2. The van der Waals surface area contributed by atoms with Crippen LogP contribution in [0.2, 0.25) is 0 Å². The molecule has 0 radical (unpaired) electrons. The van der Waals surface area contributed by atoms with Gasteiger partial charge in [-0.25, -0.2) is 9.18 Å². The van der Waals surface area contributed by atoms with Gasteiger partial charge in [0.1, 0.15) is 5.78 Å². The Labute approximate surface area is 236 Å². The van der Waals surface area contributed by atoms with Gasteiger partial charge < -0.3 is 24.3 Å². The predicted octanol–water partition coefficient (Wildman–Crippen LogP) is 4.53. The topological polar surface area (TPSA) is 102 Å². The third-order valence-electron chi connectivity index (χ3n) is 11.6. The Morgan fingerprint density at radius 3 is 2.65 bits per heavy atom. The van der Waals surface area contributed by atoms with Crippen molar-refractivity contribution >= 4 is 24.3 Å². The lowest BCUT2D eigenvalue weighted by molar-refractivity contribution is -0.193. The van der Waals surface area contributed by atoms with Crippen molar-refractivity contribution in [3.05, 3.63) is 36.2 Å². The number of ketones is 1. The normalized spacial score (nSPS) is 39.6. The number of carboxylic acid groups (broad SMARTS) is 1. The number of hydrogen-bond acceptors (Lipinski definition) is 6. The van der Waals surface area contributed by atoms with E-state index in [0.29, 0.717) is 12.0 Å². The molecule has 0 saturated heterocycles. The highest BCUT2D eigenvalue weighted by Gasteiger charge is 2.69. The first-order valence-corrected chi connectivity index (χ1v) is 14.5. The SMILES string of the molecule is C=CC[C@]1(C)C[C@@H](C(Oc2ccc3c(c2F)B(O)OC3)C(=O)O)[C@@]2(C)[C@H](C)CC[C@]3(CC[C@@H](OC)[C@@H]32)[C@@H](C)C1=O. The first-order chi connectivity index (χ1) is 18.9. The maximum atomic E-state index is 15.7. The molecule has 9 atom stereocenters. The van der Waals surface area contributed by atoms with Crippen LogP contribution in [0.1, 0.15) is 71.8 Å². The molecule has 1 aliphatic heterocycles. The van der Waals surface area contributed by atoms with Gasteiger partial charge >= 0.3 is 13.1 Å². The van der Waals surface area contributed by atoms with Gasteiger partial charge in [-0.3, -0.25) is 4.79 Å². The fourth-order valence-electron chi connectivity index (χ4n) is 9.37. The Morgan fingerprint density at radius 2 is 2.00 bits per heavy atom. The van der Waals surface area contributed by atoms with Crippen LogP contribution in [0.25, 0.3) is 0 Å². The van der Waals surface area contributed by atoms with E-state index < -0.39 is 41.8 Å². The fourth-order valence-corrected chi connectivity index (χ4v) is 9.37. The Morgan fingerprint density at radius 1 is 1.30 bits per heavy atom. The summed E-state index contributed by atoms with van der Waals surface area (Å²) in [5.74, 6) is -2.92. The van der Waals surface area contributed by atoms with Crippen LogP contribution in [0.5, 0.6) is 5.75 Å². The highest BCUT2D eigenvalue weighted by atomic mass is 19.1. The van der Waals surface area contributed by atoms with Crippen LogP contribution >= 0.6 is 0 Å². The summed E-state index contributed by atoms with van der Waals surface area (Å²) >= 11 is 0. The van der Waals surface area contributed by atoms with E-state index >= 15 is 4.39 Å². The number of carboxylic acids is 1. The maximum absolute atomic E-state index is 15.7. The van der Waals surface area contributed by atoms with Gasteiger partial charge in [-0.15, -0.1) is 6.58 Å². The largest absolute Gasteiger partial charge is 0.494 e. The van der Waals surface area contributed by atoms with E-state index in [9.17, 15) is 19.7 Å². The molecule has 1 heterocycles. The second kappa shape index (κ2) is 10.2. The summed E-state index contributed by atoms with van der Waals surface area (Å²) in [5.41, 5.74) is -1.27. The average Bonchev–Trinajstić information content (AvgIpc) is 3.50. The quantitative estimate of drug-likeness (QED) is 0.376. The predicted molar refractivity (Wildman–Crippen MR) is 149 cm³/mol. The van der Waals surface area contributed by atoms with E-state index in [2.05, 4.69) is 27.4 Å². The number of halogens is 1. The number of ether oxygens (including phenoxy) is 2. The van der Waals surface area contributed by atoms with Crippen molar-refractivity contribution in [3.8, 4) is 5.75 Å². The van der Waals surface area contributed by atoms with Crippen molar-refractivity contribution in [2.24, 2.45) is 39.9 Å². The first-order valence-electron chi connectivity index (χ1n) is 14.5. The van der Waals surface area contributed by atoms with E-state index in [1.807, 2.05) is 6.92 Å². The number of benzene rings is 1. The molecule has 9 heteroatoms. The van der Waals surface area contributed by atoms with Crippen molar-refractivity contribution in [2.75, 3.05) is 7.11 Å². The van der Waals surface area contributed by atoms with Crippen molar-refractivity contribution in [1.29, 1.82) is 0 Å². The summed E-state index contributed by atoms with van der Waals surface area (Å²) in [6.07, 6.45) is 4.26. The minimum Gasteiger partial charge on any atom is -0.478 e. The van der Waals surface area contributed by atoms with Crippen molar-refractivity contribution in [2.45, 2.75) is 85.0 Å². The molecular weight excluding hydrogens is 514 g/mol. The third kappa shape index (κ3) is 4.10. The monoisotopic (exact) mass is 556 g/mol. The number of rotatable bonds is 7. The van der Waals surface area contributed by atoms with Gasteiger partial charge in [0.25, 0.3) is 0 Å². The molecule has 0 amide bonds.